The van der Waals surface area contributed by atoms with Gasteiger partial charge in [-0.05, 0) is 25.1 Å². The highest BCUT2D eigenvalue weighted by atomic mass is 35.5. The summed E-state index contributed by atoms with van der Waals surface area (Å²) >= 11 is 6.09. The summed E-state index contributed by atoms with van der Waals surface area (Å²) in [6.45, 7) is 4.81. The van der Waals surface area contributed by atoms with Gasteiger partial charge in [0.15, 0.2) is 11.4 Å². The molecule has 0 aliphatic carbocycles. The number of fused-ring (bicyclic) bond motifs is 3. The summed E-state index contributed by atoms with van der Waals surface area (Å²) in [6.07, 6.45) is -5.08. The molecule has 0 saturated carbocycles. The second-order valence-corrected chi connectivity index (χ2v) is 6.81. The monoisotopic (exact) mass is 431 g/mol. The number of benzene rings is 1. The van der Waals surface area contributed by atoms with Crippen molar-refractivity contribution in [2.24, 2.45) is 0 Å². The third kappa shape index (κ3) is 4.46. The van der Waals surface area contributed by atoms with E-state index in [2.05, 4.69) is 27.1 Å². The Morgan fingerprint density at radius 2 is 2.10 bits per heavy atom. The molecule has 4 rings (SSSR count). The van der Waals surface area contributed by atoms with Crippen LogP contribution >= 0.6 is 11.6 Å². The van der Waals surface area contributed by atoms with Crippen molar-refractivity contribution in [2.45, 2.75) is 19.1 Å². The molecular formula is C17H17ClF3N5O3. The Balaban J connectivity index is 0.000000298. The third-order valence-corrected chi connectivity index (χ3v) is 4.52. The third-order valence-electron chi connectivity index (χ3n) is 4.29. The summed E-state index contributed by atoms with van der Waals surface area (Å²) in [5.74, 6) is -1.76. The first-order chi connectivity index (χ1) is 13.6. The average molecular weight is 432 g/mol. The molecule has 1 saturated heterocycles. The van der Waals surface area contributed by atoms with Crippen molar-refractivity contribution in [1.82, 2.24) is 15.3 Å². The lowest BCUT2D eigenvalue weighted by Crippen LogP contribution is -2.50. The standard InChI is InChI=1S/C15H16ClN5O.C2HF3O2/c1-8-7-18-4-5-21(8)14-13-12(19-15(17)20-14)10-6-9(16)2-3-11(10)22-13;3-2(4,5)1(6)7/h2-3,6,8,18H,4-5,7H2,1H3,(H2,17,19,20);(H,6,7)/t8-;/m0./s1. The predicted octanol–water partition coefficient (Wildman–Crippen LogP) is 3.04. The number of carboxylic acid groups (broad SMARTS) is 1. The van der Waals surface area contributed by atoms with Crippen LogP contribution in [0.4, 0.5) is 24.9 Å². The zero-order valence-corrected chi connectivity index (χ0v) is 15.9. The van der Waals surface area contributed by atoms with Gasteiger partial charge in [-0.25, -0.2) is 9.78 Å². The van der Waals surface area contributed by atoms with Gasteiger partial charge in [-0.3, -0.25) is 0 Å². The molecule has 4 N–H and O–H groups in total. The van der Waals surface area contributed by atoms with E-state index in [0.29, 0.717) is 22.2 Å². The van der Waals surface area contributed by atoms with E-state index in [0.717, 1.165) is 36.4 Å². The van der Waals surface area contributed by atoms with Crippen LogP contribution < -0.4 is 16.0 Å². The van der Waals surface area contributed by atoms with Crippen LogP contribution in [-0.4, -0.2) is 52.9 Å². The fourth-order valence-electron chi connectivity index (χ4n) is 2.97. The minimum atomic E-state index is -5.08. The number of halogens is 4. The van der Waals surface area contributed by atoms with Crippen molar-refractivity contribution < 1.29 is 27.5 Å². The maximum absolute atomic E-state index is 10.6. The van der Waals surface area contributed by atoms with Crippen molar-refractivity contribution >= 4 is 51.4 Å². The van der Waals surface area contributed by atoms with Crippen molar-refractivity contribution in [2.75, 3.05) is 30.3 Å². The topological polar surface area (TPSA) is 118 Å². The molecule has 0 amide bonds. The van der Waals surface area contributed by atoms with Gasteiger partial charge in [0.05, 0.1) is 0 Å². The Bertz CT molecular complexity index is 1060. The van der Waals surface area contributed by atoms with Gasteiger partial charge in [-0.1, -0.05) is 11.6 Å². The minimum Gasteiger partial charge on any atom is -0.475 e. The van der Waals surface area contributed by atoms with E-state index in [4.69, 9.17) is 31.7 Å². The molecule has 156 valence electrons. The quantitative estimate of drug-likeness (QED) is 0.538. The zero-order valence-electron chi connectivity index (χ0n) is 15.1. The predicted molar refractivity (Wildman–Crippen MR) is 102 cm³/mol. The molecule has 0 spiro atoms. The van der Waals surface area contributed by atoms with Crippen LogP contribution in [-0.2, 0) is 4.79 Å². The van der Waals surface area contributed by atoms with Crippen molar-refractivity contribution in [3.63, 3.8) is 0 Å². The van der Waals surface area contributed by atoms with Gasteiger partial charge in [0.2, 0.25) is 5.95 Å². The number of hydrogen-bond donors (Lipinski definition) is 3. The van der Waals surface area contributed by atoms with Gasteiger partial charge in [-0.15, -0.1) is 0 Å². The molecule has 3 aromatic rings. The van der Waals surface area contributed by atoms with E-state index in [9.17, 15) is 13.2 Å². The van der Waals surface area contributed by atoms with E-state index < -0.39 is 12.1 Å². The Kier molecular flexibility index (Phi) is 5.71. The largest absolute Gasteiger partial charge is 0.490 e. The number of nitrogen functional groups attached to an aromatic ring is 1. The van der Waals surface area contributed by atoms with Crippen LogP contribution in [0.3, 0.4) is 0 Å². The molecule has 1 aliphatic heterocycles. The summed E-state index contributed by atoms with van der Waals surface area (Å²) < 4.78 is 37.7. The van der Waals surface area contributed by atoms with Crippen LogP contribution in [0.25, 0.3) is 22.1 Å². The van der Waals surface area contributed by atoms with Crippen LogP contribution in [0.1, 0.15) is 6.92 Å². The Labute approximate surface area is 167 Å². The lowest BCUT2D eigenvalue weighted by Gasteiger charge is -2.34. The Morgan fingerprint density at radius 1 is 1.41 bits per heavy atom. The number of nitrogens with one attached hydrogen (secondary N) is 1. The highest BCUT2D eigenvalue weighted by molar-refractivity contribution is 6.31. The number of anilines is 2. The van der Waals surface area contributed by atoms with Crippen molar-refractivity contribution in [1.29, 1.82) is 0 Å². The lowest BCUT2D eigenvalue weighted by molar-refractivity contribution is -0.192. The summed E-state index contributed by atoms with van der Waals surface area (Å²) in [6, 6.07) is 5.81. The number of aromatic nitrogens is 2. The fraction of sp³-hybridized carbons (Fsp3) is 0.353. The lowest BCUT2D eigenvalue weighted by atomic mass is 10.2. The van der Waals surface area contributed by atoms with Gasteiger partial charge in [0.1, 0.15) is 11.1 Å². The SMILES string of the molecule is C[C@H]1CNCCN1c1nc(N)nc2c1oc1ccc(Cl)cc12.O=C(O)C(F)(F)F. The Hall–Kier alpha value is -2.79. The van der Waals surface area contributed by atoms with Crippen LogP contribution in [0, 0.1) is 0 Å². The first kappa shape index (κ1) is 20.9. The van der Waals surface area contributed by atoms with E-state index in [1.807, 2.05) is 12.1 Å². The van der Waals surface area contributed by atoms with Gasteiger partial charge < -0.3 is 25.5 Å². The number of aliphatic carboxylic acids is 1. The minimum absolute atomic E-state index is 0.246. The second-order valence-electron chi connectivity index (χ2n) is 6.38. The first-order valence-electron chi connectivity index (χ1n) is 8.50. The number of carboxylic acids is 1. The second kappa shape index (κ2) is 7.91. The highest BCUT2D eigenvalue weighted by Crippen LogP contribution is 2.35. The number of carbonyl (C=O) groups is 1. The fourth-order valence-corrected chi connectivity index (χ4v) is 3.14. The smallest absolute Gasteiger partial charge is 0.475 e. The molecule has 29 heavy (non-hydrogen) atoms. The molecule has 8 nitrogen and oxygen atoms in total. The molecule has 0 bridgehead atoms. The number of nitrogens with zero attached hydrogens (tertiary/aromatic N) is 3. The zero-order chi connectivity index (χ0) is 21.3. The van der Waals surface area contributed by atoms with Crippen molar-refractivity contribution in [3.8, 4) is 0 Å². The number of nitrogens with two attached hydrogens (primary N) is 1. The summed E-state index contributed by atoms with van der Waals surface area (Å²) in [5.41, 5.74) is 8.05. The van der Waals surface area contributed by atoms with Crippen LogP contribution in [0.2, 0.25) is 5.02 Å². The number of hydrogen-bond acceptors (Lipinski definition) is 7. The highest BCUT2D eigenvalue weighted by Gasteiger charge is 2.38. The molecule has 12 heteroatoms. The summed E-state index contributed by atoms with van der Waals surface area (Å²) in [5, 5.41) is 12.0. The number of furan rings is 1. The molecule has 3 heterocycles. The maximum atomic E-state index is 10.6. The van der Waals surface area contributed by atoms with Crippen molar-refractivity contribution in [3.05, 3.63) is 23.2 Å². The molecule has 1 aliphatic rings. The molecule has 0 radical (unpaired) electrons. The maximum Gasteiger partial charge on any atom is 0.490 e. The summed E-state index contributed by atoms with van der Waals surface area (Å²) in [7, 11) is 0. The summed E-state index contributed by atoms with van der Waals surface area (Å²) in [4.78, 5) is 19.9. The number of rotatable bonds is 1. The van der Waals surface area contributed by atoms with E-state index in [1.54, 1.807) is 6.07 Å². The van der Waals surface area contributed by atoms with Gasteiger partial charge in [0, 0.05) is 36.1 Å². The van der Waals surface area contributed by atoms with Crippen LogP contribution in [0.15, 0.2) is 22.6 Å². The first-order valence-corrected chi connectivity index (χ1v) is 8.88. The number of piperazine rings is 1. The van der Waals surface area contributed by atoms with E-state index >= 15 is 0 Å². The molecule has 2 aromatic heterocycles. The number of alkyl halides is 3. The van der Waals surface area contributed by atoms with Gasteiger partial charge in [0.25, 0.3) is 0 Å². The van der Waals surface area contributed by atoms with E-state index in [1.165, 1.54) is 0 Å². The van der Waals surface area contributed by atoms with Crippen LogP contribution in [0.5, 0.6) is 0 Å². The molecule has 1 fully saturated rings. The van der Waals surface area contributed by atoms with Gasteiger partial charge in [-0.2, -0.15) is 18.2 Å². The molecule has 0 unspecified atom stereocenters. The normalized spacial score (nSPS) is 17.3. The molecule has 1 aromatic carbocycles. The van der Waals surface area contributed by atoms with Gasteiger partial charge >= 0.3 is 12.1 Å². The average Bonchev–Trinajstić information content (AvgIpc) is 2.99. The van der Waals surface area contributed by atoms with E-state index in [-0.39, 0.29) is 5.95 Å². The Morgan fingerprint density at radius 3 is 2.72 bits per heavy atom. The molecular weight excluding hydrogens is 415 g/mol. The molecule has 1 atom stereocenters.